The van der Waals surface area contributed by atoms with Crippen molar-refractivity contribution in [2.75, 3.05) is 0 Å². The molecular formula is C5H6O3. The van der Waals surface area contributed by atoms with Crippen molar-refractivity contribution in [2.24, 2.45) is 11.8 Å². The van der Waals surface area contributed by atoms with Crippen molar-refractivity contribution in [3.8, 4) is 0 Å². The van der Waals surface area contributed by atoms with E-state index in [0.29, 0.717) is 12.7 Å². The summed E-state index contributed by atoms with van der Waals surface area (Å²) < 4.78 is 0. The molecule has 2 atom stereocenters. The molecule has 0 saturated heterocycles. The van der Waals surface area contributed by atoms with Gasteiger partial charge in [0.2, 0.25) is 0 Å². The third-order valence-corrected chi connectivity index (χ3v) is 1.33. The Hall–Kier alpha value is -0.860. The van der Waals surface area contributed by atoms with E-state index in [-0.39, 0.29) is 11.8 Å². The van der Waals surface area contributed by atoms with Gasteiger partial charge in [-0.25, -0.2) is 0 Å². The first-order valence-electron chi connectivity index (χ1n) is 2.44. The van der Waals surface area contributed by atoms with Crippen LogP contribution in [0.5, 0.6) is 0 Å². The SMILES string of the molecule is O=C[C@H]1C[C@H]1C(=O)O. The number of carboxylic acids is 1. The maximum atomic E-state index is 9.97. The molecule has 1 saturated carbocycles. The predicted octanol–water partition coefficient (Wildman–Crippen LogP) is -0.0940. The molecule has 3 heteroatoms. The van der Waals surface area contributed by atoms with Crippen LogP contribution in [0.2, 0.25) is 0 Å². The summed E-state index contributed by atoms with van der Waals surface area (Å²) in [4.78, 5) is 19.8. The summed E-state index contributed by atoms with van der Waals surface area (Å²) in [5.41, 5.74) is 0. The molecule has 0 radical (unpaired) electrons. The second-order valence-electron chi connectivity index (χ2n) is 1.98. The minimum Gasteiger partial charge on any atom is -0.481 e. The molecule has 3 nitrogen and oxygen atoms in total. The van der Waals surface area contributed by atoms with Crippen LogP contribution in [0.25, 0.3) is 0 Å². The van der Waals surface area contributed by atoms with Gasteiger partial charge in [-0.3, -0.25) is 4.79 Å². The maximum Gasteiger partial charge on any atom is 0.307 e. The molecule has 0 aromatic carbocycles. The van der Waals surface area contributed by atoms with E-state index in [1.165, 1.54) is 0 Å². The highest BCUT2D eigenvalue weighted by Gasteiger charge is 2.42. The topological polar surface area (TPSA) is 54.4 Å². The van der Waals surface area contributed by atoms with Gasteiger partial charge in [0.15, 0.2) is 0 Å². The Morgan fingerprint density at radius 3 is 2.50 bits per heavy atom. The number of aliphatic carboxylic acids is 1. The van der Waals surface area contributed by atoms with E-state index in [2.05, 4.69) is 0 Å². The highest BCUT2D eigenvalue weighted by molar-refractivity contribution is 5.80. The third-order valence-electron chi connectivity index (χ3n) is 1.33. The van der Waals surface area contributed by atoms with Gasteiger partial charge < -0.3 is 9.90 Å². The normalized spacial score (nSPS) is 34.0. The van der Waals surface area contributed by atoms with E-state index in [0.717, 1.165) is 0 Å². The van der Waals surface area contributed by atoms with Crippen molar-refractivity contribution in [2.45, 2.75) is 6.42 Å². The molecule has 0 amide bonds. The molecule has 44 valence electrons. The van der Waals surface area contributed by atoms with Gasteiger partial charge in [-0.2, -0.15) is 0 Å². The summed E-state index contributed by atoms with van der Waals surface area (Å²) in [6.45, 7) is 0. The van der Waals surface area contributed by atoms with Crippen LogP contribution in [0, 0.1) is 11.8 Å². The first-order chi connectivity index (χ1) is 3.75. The van der Waals surface area contributed by atoms with Gasteiger partial charge in [-0.05, 0) is 6.42 Å². The molecule has 0 spiro atoms. The van der Waals surface area contributed by atoms with Crippen LogP contribution < -0.4 is 0 Å². The average Bonchev–Trinajstić information content (AvgIpc) is 2.42. The summed E-state index contributed by atoms with van der Waals surface area (Å²) in [6.07, 6.45) is 1.25. The van der Waals surface area contributed by atoms with Gasteiger partial charge in [-0.15, -0.1) is 0 Å². The van der Waals surface area contributed by atoms with Crippen LogP contribution in [0.1, 0.15) is 6.42 Å². The lowest BCUT2D eigenvalue weighted by Crippen LogP contribution is -1.99. The largest absolute Gasteiger partial charge is 0.481 e. The molecule has 1 fully saturated rings. The van der Waals surface area contributed by atoms with Gasteiger partial charge in [-0.1, -0.05) is 0 Å². The number of aldehydes is 1. The Kier molecular flexibility index (Phi) is 1.04. The van der Waals surface area contributed by atoms with E-state index >= 15 is 0 Å². The Bertz CT molecular complexity index is 130. The number of carbonyl (C=O) groups excluding carboxylic acids is 1. The van der Waals surface area contributed by atoms with Crippen molar-refractivity contribution in [3.05, 3.63) is 0 Å². The molecule has 0 aromatic rings. The fourth-order valence-corrected chi connectivity index (χ4v) is 0.649. The van der Waals surface area contributed by atoms with Crippen molar-refractivity contribution >= 4 is 12.3 Å². The number of rotatable bonds is 2. The molecule has 0 heterocycles. The summed E-state index contributed by atoms with van der Waals surface area (Å²) in [5, 5.41) is 8.20. The van der Waals surface area contributed by atoms with E-state index < -0.39 is 5.97 Å². The van der Waals surface area contributed by atoms with Crippen LogP contribution in [0.3, 0.4) is 0 Å². The zero-order valence-electron chi connectivity index (χ0n) is 4.20. The summed E-state index contributed by atoms with van der Waals surface area (Å²) in [5.74, 6) is -1.40. The minimum absolute atomic E-state index is 0.188. The first kappa shape index (κ1) is 5.28. The molecule has 0 unspecified atom stereocenters. The van der Waals surface area contributed by atoms with E-state index in [9.17, 15) is 9.59 Å². The monoisotopic (exact) mass is 114 g/mol. The van der Waals surface area contributed by atoms with Gasteiger partial charge in [0.25, 0.3) is 0 Å². The maximum absolute atomic E-state index is 9.97. The van der Waals surface area contributed by atoms with E-state index in [1.54, 1.807) is 0 Å². The minimum atomic E-state index is -0.845. The molecular weight excluding hydrogens is 108 g/mol. The van der Waals surface area contributed by atoms with Crippen molar-refractivity contribution in [1.29, 1.82) is 0 Å². The molecule has 0 bridgehead atoms. The van der Waals surface area contributed by atoms with Crippen LogP contribution >= 0.6 is 0 Å². The van der Waals surface area contributed by atoms with Crippen molar-refractivity contribution < 1.29 is 14.7 Å². The van der Waals surface area contributed by atoms with Crippen molar-refractivity contribution in [3.63, 3.8) is 0 Å². The van der Waals surface area contributed by atoms with Gasteiger partial charge >= 0.3 is 5.97 Å². The van der Waals surface area contributed by atoms with Crippen LogP contribution in [-0.4, -0.2) is 17.4 Å². The van der Waals surface area contributed by atoms with Gasteiger partial charge in [0.1, 0.15) is 6.29 Å². The molecule has 1 rings (SSSR count). The third kappa shape index (κ3) is 0.710. The second-order valence-corrected chi connectivity index (χ2v) is 1.98. The Labute approximate surface area is 46.3 Å². The van der Waals surface area contributed by atoms with E-state index in [4.69, 9.17) is 5.11 Å². The second kappa shape index (κ2) is 1.58. The standard InChI is InChI=1S/C5H6O3/c6-2-3-1-4(3)5(7)8/h2-4H,1H2,(H,7,8)/t3-,4-/m1/s1. The molecule has 1 aliphatic rings. The summed E-state index contributed by atoms with van der Waals surface area (Å²) in [6, 6.07) is 0. The lowest BCUT2D eigenvalue weighted by molar-refractivity contribution is -0.139. The molecule has 0 aliphatic heterocycles. The average molecular weight is 114 g/mol. The predicted molar refractivity (Wildman–Crippen MR) is 25.3 cm³/mol. The Morgan fingerprint density at radius 2 is 2.38 bits per heavy atom. The zero-order chi connectivity index (χ0) is 6.15. The fourth-order valence-electron chi connectivity index (χ4n) is 0.649. The number of carboxylic acid groups (broad SMARTS) is 1. The van der Waals surface area contributed by atoms with E-state index in [1.807, 2.05) is 0 Å². The fraction of sp³-hybridized carbons (Fsp3) is 0.600. The molecule has 1 N–H and O–H groups in total. The lowest BCUT2D eigenvalue weighted by Gasteiger charge is -1.79. The first-order valence-corrected chi connectivity index (χ1v) is 2.44. The zero-order valence-corrected chi connectivity index (χ0v) is 4.20. The lowest BCUT2D eigenvalue weighted by atomic mass is 10.3. The van der Waals surface area contributed by atoms with Crippen molar-refractivity contribution in [1.82, 2.24) is 0 Å². The van der Waals surface area contributed by atoms with Crippen LogP contribution in [-0.2, 0) is 9.59 Å². The van der Waals surface area contributed by atoms with Crippen LogP contribution in [0.15, 0.2) is 0 Å². The summed E-state index contributed by atoms with van der Waals surface area (Å²) in [7, 11) is 0. The quantitative estimate of drug-likeness (QED) is 0.510. The number of hydrogen-bond donors (Lipinski definition) is 1. The number of hydrogen-bond acceptors (Lipinski definition) is 2. The smallest absolute Gasteiger partial charge is 0.307 e. The summed E-state index contributed by atoms with van der Waals surface area (Å²) >= 11 is 0. The van der Waals surface area contributed by atoms with Gasteiger partial charge in [0, 0.05) is 5.92 Å². The Balaban J connectivity index is 2.36. The Morgan fingerprint density at radius 1 is 1.75 bits per heavy atom. The molecule has 1 aliphatic carbocycles. The molecule has 8 heavy (non-hydrogen) atoms. The number of carbonyl (C=O) groups is 2. The van der Waals surface area contributed by atoms with Crippen LogP contribution in [0.4, 0.5) is 0 Å². The highest BCUT2D eigenvalue weighted by atomic mass is 16.4. The van der Waals surface area contributed by atoms with Gasteiger partial charge in [0.05, 0.1) is 5.92 Å². The molecule has 0 aromatic heterocycles. The highest BCUT2D eigenvalue weighted by Crippen LogP contribution is 2.36.